The molecule has 1 aliphatic rings. The van der Waals surface area contributed by atoms with Crippen molar-refractivity contribution in [2.24, 2.45) is 0 Å². The van der Waals surface area contributed by atoms with Gasteiger partial charge in [0.1, 0.15) is 17.2 Å². The molecule has 3 aromatic heterocycles. The van der Waals surface area contributed by atoms with Gasteiger partial charge in [-0.05, 0) is 38.8 Å². The van der Waals surface area contributed by atoms with E-state index in [1.54, 1.807) is 0 Å². The van der Waals surface area contributed by atoms with Gasteiger partial charge in [0.05, 0.1) is 10.9 Å². The third kappa shape index (κ3) is 2.16. The third-order valence-electron chi connectivity index (χ3n) is 3.77. The van der Waals surface area contributed by atoms with Crippen molar-refractivity contribution in [2.45, 2.75) is 38.8 Å². The van der Waals surface area contributed by atoms with Crippen LogP contribution in [0, 0.1) is 0 Å². The lowest BCUT2D eigenvalue weighted by atomic mass is 10.2. The fourth-order valence-corrected chi connectivity index (χ4v) is 2.43. The summed E-state index contributed by atoms with van der Waals surface area (Å²) in [6.07, 6.45) is 6.23. The van der Waals surface area contributed by atoms with Gasteiger partial charge in [0.15, 0.2) is 0 Å². The number of anilines is 1. The Kier molecular flexibility index (Phi) is 2.70. The Balaban J connectivity index is 1.83. The number of nitrogens with one attached hydrogen (secondary N) is 2. The minimum atomic E-state index is 0.339. The Morgan fingerprint density at radius 1 is 1.33 bits per heavy atom. The summed E-state index contributed by atoms with van der Waals surface area (Å²) < 4.78 is 1.94. The number of hydrogen-bond acceptors (Lipinski definition) is 4. The Morgan fingerprint density at radius 2 is 2.19 bits per heavy atom. The van der Waals surface area contributed by atoms with Crippen molar-refractivity contribution in [3.8, 4) is 11.4 Å². The second kappa shape index (κ2) is 4.58. The van der Waals surface area contributed by atoms with E-state index in [0.717, 1.165) is 28.1 Å². The predicted molar refractivity (Wildman–Crippen MR) is 82.1 cm³/mol. The molecule has 6 nitrogen and oxygen atoms in total. The number of aromatic nitrogens is 5. The molecule has 0 spiro atoms. The highest BCUT2D eigenvalue weighted by molar-refractivity contribution is 5.99. The van der Waals surface area contributed by atoms with Crippen LogP contribution in [0.3, 0.4) is 0 Å². The first-order chi connectivity index (χ1) is 10.2. The van der Waals surface area contributed by atoms with Gasteiger partial charge in [-0.15, -0.1) is 0 Å². The molecule has 1 aliphatic carbocycles. The summed E-state index contributed by atoms with van der Waals surface area (Å²) in [5.74, 6) is 0.901. The van der Waals surface area contributed by atoms with Crippen LogP contribution >= 0.6 is 0 Å². The van der Waals surface area contributed by atoms with E-state index in [9.17, 15) is 0 Å². The van der Waals surface area contributed by atoms with E-state index in [1.807, 2.05) is 29.2 Å². The van der Waals surface area contributed by atoms with Crippen molar-refractivity contribution in [3.63, 3.8) is 0 Å². The number of pyridine rings is 1. The third-order valence-corrected chi connectivity index (χ3v) is 3.77. The molecule has 108 valence electrons. The minimum absolute atomic E-state index is 0.339. The largest absolute Gasteiger partial charge is 0.367 e. The molecular formula is C15H18N6. The standard InChI is InChI=1S/C15H18N6/c1-9(2)21-8-6-12(20-21)14-13-11(18-19-14)5-7-16-15(13)17-10-3-4-10/h5-10H,3-4H2,1-2H3,(H,16,17)(H,18,19). The molecule has 0 amide bonds. The average Bonchev–Trinajstić information content (AvgIpc) is 3.00. The van der Waals surface area contributed by atoms with Crippen molar-refractivity contribution < 1.29 is 0 Å². The Morgan fingerprint density at radius 3 is 2.90 bits per heavy atom. The highest BCUT2D eigenvalue weighted by atomic mass is 15.3. The Bertz CT molecular complexity index is 780. The van der Waals surface area contributed by atoms with E-state index in [4.69, 9.17) is 0 Å². The molecule has 3 aromatic rings. The molecule has 0 saturated heterocycles. The number of H-pyrrole nitrogens is 1. The van der Waals surface area contributed by atoms with Crippen molar-refractivity contribution in [2.75, 3.05) is 5.32 Å². The predicted octanol–water partition coefficient (Wildman–Crippen LogP) is 2.98. The van der Waals surface area contributed by atoms with Crippen LogP contribution in [0.4, 0.5) is 5.82 Å². The molecule has 1 saturated carbocycles. The highest BCUT2D eigenvalue weighted by Crippen LogP contribution is 2.33. The summed E-state index contributed by atoms with van der Waals surface area (Å²) in [5, 5.41) is 16.6. The quantitative estimate of drug-likeness (QED) is 0.771. The molecule has 2 N–H and O–H groups in total. The fourth-order valence-electron chi connectivity index (χ4n) is 2.43. The van der Waals surface area contributed by atoms with Crippen LogP contribution in [0.5, 0.6) is 0 Å². The van der Waals surface area contributed by atoms with Crippen LogP contribution < -0.4 is 5.32 Å². The lowest BCUT2D eigenvalue weighted by molar-refractivity contribution is 0.534. The minimum Gasteiger partial charge on any atom is -0.367 e. The monoisotopic (exact) mass is 282 g/mol. The lowest BCUT2D eigenvalue weighted by Gasteiger charge is -2.06. The van der Waals surface area contributed by atoms with Crippen molar-refractivity contribution >= 4 is 16.7 Å². The van der Waals surface area contributed by atoms with Crippen molar-refractivity contribution in [1.29, 1.82) is 0 Å². The molecule has 0 radical (unpaired) electrons. The first-order valence-corrected chi connectivity index (χ1v) is 7.37. The van der Waals surface area contributed by atoms with E-state index < -0.39 is 0 Å². The van der Waals surface area contributed by atoms with Gasteiger partial charge in [0.2, 0.25) is 0 Å². The van der Waals surface area contributed by atoms with Crippen molar-refractivity contribution in [1.82, 2.24) is 25.0 Å². The molecule has 1 fully saturated rings. The first-order valence-electron chi connectivity index (χ1n) is 7.37. The van der Waals surface area contributed by atoms with E-state index in [1.165, 1.54) is 12.8 Å². The lowest BCUT2D eigenvalue weighted by Crippen LogP contribution is -2.03. The molecule has 3 heterocycles. The number of aromatic amines is 1. The van der Waals surface area contributed by atoms with Crippen LogP contribution in [0.1, 0.15) is 32.7 Å². The van der Waals surface area contributed by atoms with Gasteiger partial charge < -0.3 is 5.32 Å². The van der Waals surface area contributed by atoms with Crippen molar-refractivity contribution in [3.05, 3.63) is 24.5 Å². The molecule has 6 heteroatoms. The van der Waals surface area contributed by atoms with Gasteiger partial charge in [-0.25, -0.2) is 4.98 Å². The van der Waals surface area contributed by atoms with Gasteiger partial charge in [-0.2, -0.15) is 10.2 Å². The van der Waals surface area contributed by atoms with Gasteiger partial charge >= 0.3 is 0 Å². The van der Waals surface area contributed by atoms with Crippen LogP contribution in [-0.2, 0) is 0 Å². The summed E-state index contributed by atoms with van der Waals surface area (Å²) in [4.78, 5) is 4.48. The van der Waals surface area contributed by atoms with E-state index >= 15 is 0 Å². The van der Waals surface area contributed by atoms with Gasteiger partial charge in [0, 0.05) is 24.5 Å². The molecule has 21 heavy (non-hydrogen) atoms. The summed E-state index contributed by atoms with van der Waals surface area (Å²) in [5.41, 5.74) is 2.73. The summed E-state index contributed by atoms with van der Waals surface area (Å²) in [6.45, 7) is 4.22. The molecule has 0 aliphatic heterocycles. The molecule has 0 atom stereocenters. The number of hydrogen-bond donors (Lipinski definition) is 2. The normalized spacial score (nSPS) is 15.0. The molecule has 0 unspecified atom stereocenters. The average molecular weight is 282 g/mol. The van der Waals surface area contributed by atoms with E-state index in [-0.39, 0.29) is 0 Å². The second-order valence-corrected chi connectivity index (χ2v) is 5.85. The summed E-state index contributed by atoms with van der Waals surface area (Å²) in [6, 6.07) is 4.84. The number of nitrogens with zero attached hydrogens (tertiary/aromatic N) is 4. The maximum Gasteiger partial charge on any atom is 0.137 e. The van der Waals surface area contributed by atoms with Crippen LogP contribution in [-0.4, -0.2) is 31.0 Å². The molecule has 0 aromatic carbocycles. The van der Waals surface area contributed by atoms with Gasteiger partial charge in [-0.1, -0.05) is 0 Å². The zero-order chi connectivity index (χ0) is 14.4. The zero-order valence-corrected chi connectivity index (χ0v) is 12.2. The zero-order valence-electron chi connectivity index (χ0n) is 12.2. The first kappa shape index (κ1) is 12.4. The van der Waals surface area contributed by atoms with E-state index in [0.29, 0.717) is 12.1 Å². The highest BCUT2D eigenvalue weighted by Gasteiger charge is 2.24. The van der Waals surface area contributed by atoms with Gasteiger partial charge in [-0.3, -0.25) is 9.78 Å². The Labute approximate surface area is 122 Å². The van der Waals surface area contributed by atoms with Gasteiger partial charge in [0.25, 0.3) is 0 Å². The molecule has 4 rings (SSSR count). The van der Waals surface area contributed by atoms with E-state index in [2.05, 4.69) is 39.4 Å². The number of rotatable bonds is 4. The second-order valence-electron chi connectivity index (χ2n) is 5.85. The number of fused-ring (bicyclic) bond motifs is 1. The molecular weight excluding hydrogens is 264 g/mol. The maximum absolute atomic E-state index is 4.62. The van der Waals surface area contributed by atoms with Crippen LogP contribution in [0.15, 0.2) is 24.5 Å². The fraction of sp³-hybridized carbons (Fsp3) is 0.400. The molecule has 0 bridgehead atoms. The topological polar surface area (TPSA) is 71.4 Å². The maximum atomic E-state index is 4.62. The Hall–Kier alpha value is -2.37. The summed E-state index contributed by atoms with van der Waals surface area (Å²) in [7, 11) is 0. The summed E-state index contributed by atoms with van der Waals surface area (Å²) >= 11 is 0. The van der Waals surface area contributed by atoms with Crippen LogP contribution in [0.2, 0.25) is 0 Å². The smallest absolute Gasteiger partial charge is 0.137 e. The van der Waals surface area contributed by atoms with Crippen LogP contribution in [0.25, 0.3) is 22.3 Å². The SMILES string of the molecule is CC(C)n1ccc(-c2n[nH]c3ccnc(NC4CC4)c23)n1.